The van der Waals surface area contributed by atoms with E-state index in [0.29, 0.717) is 0 Å². The zero-order valence-corrected chi connectivity index (χ0v) is 49.4. The Bertz CT molecular complexity index is 4820. The molecule has 0 N–H and O–H groups in total. The van der Waals surface area contributed by atoms with Gasteiger partial charge in [-0.15, -0.1) is 10.9 Å². The molecule has 0 fully saturated rings. The maximum Gasteiger partial charge on any atom is 0.139 e. The Kier molecular flexibility index (Phi) is 11.7. The summed E-state index contributed by atoms with van der Waals surface area (Å²) in [5.74, 6) is 0. The van der Waals surface area contributed by atoms with Gasteiger partial charge in [-0.25, -0.2) is 0 Å². The summed E-state index contributed by atoms with van der Waals surface area (Å²) in [5, 5.41) is 19.8. The average molecular weight is 970 g/mol. The van der Waals surface area contributed by atoms with Crippen LogP contribution in [0.3, 0.4) is 0 Å². The summed E-state index contributed by atoms with van der Waals surface area (Å²) in [6.45, 7) is 0. The van der Waals surface area contributed by atoms with Gasteiger partial charge in [0, 0.05) is 0 Å². The van der Waals surface area contributed by atoms with Crippen molar-refractivity contribution in [3.63, 3.8) is 0 Å². The van der Waals surface area contributed by atoms with Crippen molar-refractivity contribution in [2.45, 2.75) is 0 Å². The molecule has 13 aromatic carbocycles. The molecular formula is C60H54B18. The third kappa shape index (κ3) is 6.80. The van der Waals surface area contributed by atoms with Gasteiger partial charge >= 0.3 is 0 Å². The molecule has 0 unspecified atom stereocenters. The Balaban J connectivity index is 1.03. The van der Waals surface area contributed by atoms with Crippen molar-refractivity contribution >= 4 is 315 Å². The van der Waals surface area contributed by atoms with Crippen LogP contribution in [-0.4, -0.2) is 141 Å². The molecule has 0 aliphatic carbocycles. The molecule has 0 saturated carbocycles. The predicted molar refractivity (Wildman–Crippen MR) is 406 cm³/mol. The minimum absolute atomic E-state index is 1.21. The van der Waals surface area contributed by atoms with Gasteiger partial charge in [-0.3, -0.25) is 0 Å². The molecule has 0 bridgehead atoms. The van der Waals surface area contributed by atoms with Crippen LogP contribution in [0.4, 0.5) is 0 Å². The highest BCUT2D eigenvalue weighted by Gasteiger charge is 2.28. The quantitative estimate of drug-likeness (QED) is 0.119. The molecule has 0 nitrogen and oxygen atoms in total. The van der Waals surface area contributed by atoms with E-state index in [0.717, 1.165) is 0 Å². The molecule has 0 aliphatic heterocycles. The van der Waals surface area contributed by atoms with E-state index in [1.807, 2.05) is 0 Å². The smallest absolute Gasteiger partial charge is 0.100 e. The lowest BCUT2D eigenvalue weighted by atomic mass is 9.58. The molecule has 13 rings (SSSR count). The summed E-state index contributed by atoms with van der Waals surface area (Å²) in [6, 6.07) is 42.0. The van der Waals surface area contributed by atoms with Crippen LogP contribution in [0.2, 0.25) is 0 Å². The number of hydrogen-bond acceptors (Lipinski definition) is 0. The first-order valence-electron chi connectivity index (χ1n) is 28.4. The molecule has 78 heavy (non-hydrogen) atoms. The number of rotatable bonds is 5. The second-order valence-corrected chi connectivity index (χ2v) is 24.0. The Morgan fingerprint density at radius 1 is 0.179 bits per heavy atom. The van der Waals surface area contributed by atoms with E-state index < -0.39 is 0 Å². The van der Waals surface area contributed by atoms with Crippen LogP contribution in [0.15, 0.2) is 109 Å². The molecule has 0 aromatic heterocycles. The molecule has 0 atom stereocenters. The van der Waals surface area contributed by atoms with Crippen molar-refractivity contribution in [2.75, 3.05) is 0 Å². The lowest BCUT2D eigenvalue weighted by Gasteiger charge is -2.29. The third-order valence-electron chi connectivity index (χ3n) is 20.7. The number of hydrogen-bond donors (Lipinski definition) is 0. The molecule has 0 radical (unpaired) electrons. The fraction of sp³-hybridized carbons (Fsp3) is 0. The third-order valence-corrected chi connectivity index (χ3v) is 20.7. The second-order valence-electron chi connectivity index (χ2n) is 24.0. The van der Waals surface area contributed by atoms with Crippen LogP contribution >= 0.6 is 0 Å². The van der Waals surface area contributed by atoms with E-state index >= 15 is 0 Å². The molecule has 13 aromatic rings. The fourth-order valence-corrected chi connectivity index (χ4v) is 15.4. The van der Waals surface area contributed by atoms with Gasteiger partial charge in [0.25, 0.3) is 0 Å². The summed E-state index contributed by atoms with van der Waals surface area (Å²) >= 11 is 0. The van der Waals surface area contributed by atoms with Crippen molar-refractivity contribution in [1.82, 2.24) is 0 Å². The zero-order valence-electron chi connectivity index (χ0n) is 49.4. The van der Waals surface area contributed by atoms with Crippen molar-refractivity contribution in [3.8, 4) is 55.6 Å². The minimum Gasteiger partial charge on any atom is -0.100 e. The van der Waals surface area contributed by atoms with E-state index in [1.54, 1.807) is 0 Å². The Labute approximate surface area is 476 Å². The molecule has 0 spiro atoms. The zero-order chi connectivity index (χ0) is 55.0. The van der Waals surface area contributed by atoms with Gasteiger partial charge in [-0.2, -0.15) is 0 Å². The van der Waals surface area contributed by atoms with Crippen molar-refractivity contribution in [3.05, 3.63) is 109 Å². The second kappa shape index (κ2) is 17.9. The van der Waals surface area contributed by atoms with E-state index in [2.05, 4.69) is 250 Å². The number of benzene rings is 13. The Hall–Kier alpha value is -6.63. The van der Waals surface area contributed by atoms with Gasteiger partial charge in [-0.1, -0.05) is 172 Å². The summed E-state index contributed by atoms with van der Waals surface area (Å²) in [4.78, 5) is 0. The van der Waals surface area contributed by atoms with Gasteiger partial charge in [-0.05, 0) is 155 Å². The van der Waals surface area contributed by atoms with Gasteiger partial charge in [0.1, 0.15) is 141 Å². The molecule has 0 amide bonds. The summed E-state index contributed by atoms with van der Waals surface area (Å²) in [5.41, 5.74) is 37.8. The first-order valence-corrected chi connectivity index (χ1v) is 28.4. The molecule has 0 saturated heterocycles. The highest BCUT2D eigenvalue weighted by atomic mass is 14.3. The Morgan fingerprint density at radius 2 is 0.487 bits per heavy atom. The summed E-state index contributed by atoms with van der Waals surface area (Å²) in [6.07, 6.45) is 0. The normalized spacial score (nSPS) is 12.0. The first kappa shape index (κ1) is 50.8. The van der Waals surface area contributed by atoms with E-state index in [9.17, 15) is 0 Å². The van der Waals surface area contributed by atoms with Gasteiger partial charge in [0.05, 0.1) is 0 Å². The SMILES string of the molecule is Bc1c(B)c2c(B)c(B)c3c(B)c(B)c(-c4ccc(-c5cc(-c6cccc(-c7c(B)c(B)c8c(B)c(B)c9c(B)c(B)c(B)c%10c(B)c(B)c7c8c9%10)c6)cc(-c6cccc7ccccc67)c5)cc4)c4c(B)c(B)c(c1B)c2c34. The molecule has 348 valence electrons. The maximum absolute atomic E-state index is 2.48. The lowest BCUT2D eigenvalue weighted by Crippen LogP contribution is -2.48. The topological polar surface area (TPSA) is 0 Å². The molecular weight excluding hydrogens is 915 g/mol. The highest BCUT2D eigenvalue weighted by molar-refractivity contribution is 6.77. The van der Waals surface area contributed by atoms with E-state index in [1.165, 1.54) is 229 Å². The molecule has 18 heteroatoms. The van der Waals surface area contributed by atoms with Crippen LogP contribution in [0.5, 0.6) is 0 Å². The first-order chi connectivity index (χ1) is 37.2. The maximum atomic E-state index is 2.48. The molecule has 0 heterocycles. The van der Waals surface area contributed by atoms with E-state index in [-0.39, 0.29) is 0 Å². The van der Waals surface area contributed by atoms with Gasteiger partial charge < -0.3 is 0 Å². The average Bonchev–Trinajstić information content (AvgIpc) is 3.25. The summed E-state index contributed by atoms with van der Waals surface area (Å²) in [7, 11) is 42.5. The predicted octanol–water partition coefficient (Wildman–Crippen LogP) is -14.4. The van der Waals surface area contributed by atoms with Crippen LogP contribution in [0.1, 0.15) is 0 Å². The van der Waals surface area contributed by atoms with Crippen LogP contribution in [0.25, 0.3) is 131 Å². The van der Waals surface area contributed by atoms with Crippen LogP contribution < -0.4 is 98.3 Å². The molecule has 0 aliphatic rings. The minimum atomic E-state index is 1.21. The lowest BCUT2D eigenvalue weighted by molar-refractivity contribution is 1.57. The van der Waals surface area contributed by atoms with E-state index in [4.69, 9.17) is 0 Å². The van der Waals surface area contributed by atoms with Crippen molar-refractivity contribution in [1.29, 1.82) is 0 Å². The van der Waals surface area contributed by atoms with Crippen molar-refractivity contribution < 1.29 is 0 Å². The largest absolute Gasteiger partial charge is 0.139 e. The van der Waals surface area contributed by atoms with Crippen LogP contribution in [-0.2, 0) is 0 Å². The van der Waals surface area contributed by atoms with Gasteiger partial charge in [0.15, 0.2) is 0 Å². The monoisotopic (exact) mass is 973 g/mol. The standard InChI is InChI=1S/C60H54B18/c61-43-29(35-31-33-39(49(67)45(35)63)55(73)59(77)57(75)41(33)53(71)51(69)37(31)47(43)65)21-13-11-19(12-14-21)24-16-25(18-26(17-24)28-10-4-6-20-5-1-2-9-27(20)28)22-7-3-8-23(15-22)30-36-32-34-40(50(68)46(36)64)56(74)60(78)58(76)42(34)54(72)52(70)38(32)48(66)44(30)62/h1-18H,61-78H2. The number of fused-ring (bicyclic) bond motifs is 1. The Morgan fingerprint density at radius 3 is 0.962 bits per heavy atom. The highest BCUT2D eigenvalue weighted by Crippen LogP contribution is 2.40. The van der Waals surface area contributed by atoms with Gasteiger partial charge in [0.2, 0.25) is 0 Å². The fourth-order valence-electron chi connectivity index (χ4n) is 15.4. The summed E-state index contributed by atoms with van der Waals surface area (Å²) < 4.78 is 0. The van der Waals surface area contributed by atoms with Crippen LogP contribution in [0, 0.1) is 0 Å². The van der Waals surface area contributed by atoms with Crippen molar-refractivity contribution in [2.24, 2.45) is 0 Å².